The van der Waals surface area contributed by atoms with Gasteiger partial charge in [-0.15, -0.1) is 21.5 Å². The van der Waals surface area contributed by atoms with Crippen molar-refractivity contribution in [1.29, 1.82) is 0 Å². The van der Waals surface area contributed by atoms with Gasteiger partial charge < -0.3 is 0 Å². The number of sulfonamides is 1. The van der Waals surface area contributed by atoms with Crippen LogP contribution in [0.3, 0.4) is 0 Å². The van der Waals surface area contributed by atoms with Crippen LogP contribution in [0.15, 0.2) is 34.8 Å². The summed E-state index contributed by atoms with van der Waals surface area (Å²) < 4.78 is 29.7. The molecule has 0 aliphatic carbocycles. The number of nitrogens with one attached hydrogen (secondary N) is 1. The molecule has 0 fully saturated rings. The van der Waals surface area contributed by atoms with E-state index in [2.05, 4.69) is 25.1 Å². The van der Waals surface area contributed by atoms with Crippen molar-refractivity contribution in [1.82, 2.24) is 34.3 Å². The highest BCUT2D eigenvalue weighted by molar-refractivity contribution is 7.89. The molecule has 33 heavy (non-hydrogen) atoms. The zero-order valence-corrected chi connectivity index (χ0v) is 20.8. The van der Waals surface area contributed by atoms with Crippen molar-refractivity contribution in [2.45, 2.75) is 37.4 Å². The second-order valence-electron chi connectivity index (χ2n) is 6.92. The molecule has 3 heterocycles. The third-order valence-electron chi connectivity index (χ3n) is 4.72. The molecule has 0 aliphatic rings. The fourth-order valence-corrected chi connectivity index (χ4v) is 6.41. The Morgan fingerprint density at radius 1 is 1.24 bits per heavy atom. The molecule has 0 amide bonds. The number of hydrogen-bond donors (Lipinski definition) is 1. The van der Waals surface area contributed by atoms with E-state index in [-0.39, 0.29) is 29.6 Å². The predicted molar refractivity (Wildman–Crippen MR) is 125 cm³/mol. The van der Waals surface area contributed by atoms with E-state index >= 15 is 0 Å². The molecule has 0 spiro atoms. The standard InChI is InChI=1S/C18H16Cl3N7O3S2/c1-2-13(25-33(30,31)17-16(21)22-18-27(17)6-7-32-18)14(29)9-28-24-15(23-26-28)8-10-11(19)4-3-5-12(10)20/h3-7,13,25H,2,8-9H2,1H3. The second kappa shape index (κ2) is 9.65. The molecule has 3 aromatic heterocycles. The van der Waals surface area contributed by atoms with Crippen LogP contribution in [0.25, 0.3) is 4.96 Å². The number of aromatic nitrogens is 6. The van der Waals surface area contributed by atoms with Gasteiger partial charge in [0.25, 0.3) is 10.0 Å². The van der Waals surface area contributed by atoms with Gasteiger partial charge in [0.05, 0.1) is 6.04 Å². The number of hydrogen-bond acceptors (Lipinski definition) is 8. The number of nitrogens with zero attached hydrogens (tertiary/aromatic N) is 6. The van der Waals surface area contributed by atoms with E-state index in [1.54, 1.807) is 36.7 Å². The van der Waals surface area contributed by atoms with Gasteiger partial charge in [-0.25, -0.2) is 13.4 Å². The first-order valence-corrected chi connectivity index (χ1v) is 13.0. The first-order chi connectivity index (χ1) is 15.7. The summed E-state index contributed by atoms with van der Waals surface area (Å²) in [6.07, 6.45) is 1.98. The third-order valence-corrected chi connectivity index (χ3v) is 8.05. The Kier molecular flexibility index (Phi) is 7.03. The molecule has 1 unspecified atom stereocenters. The summed E-state index contributed by atoms with van der Waals surface area (Å²) in [5, 5.41) is 14.2. The number of Topliss-reactive ketones (excluding diaryl/α,β-unsaturated/α-hetero) is 1. The van der Waals surface area contributed by atoms with Gasteiger partial charge in [0.1, 0.15) is 6.54 Å². The zero-order chi connectivity index (χ0) is 23.8. The normalized spacial score (nSPS) is 13.0. The van der Waals surface area contributed by atoms with E-state index in [0.29, 0.717) is 26.4 Å². The number of imidazole rings is 1. The maximum absolute atomic E-state index is 12.9. The number of carbonyl (C=O) groups excluding carboxylic acids is 1. The molecule has 0 bridgehead atoms. The van der Waals surface area contributed by atoms with Crippen molar-refractivity contribution in [3.05, 3.63) is 56.4 Å². The molecule has 0 aliphatic heterocycles. The number of rotatable bonds is 9. The quantitative estimate of drug-likeness (QED) is 0.340. The highest BCUT2D eigenvalue weighted by Crippen LogP contribution is 2.26. The molecule has 10 nitrogen and oxygen atoms in total. The lowest BCUT2D eigenvalue weighted by molar-refractivity contribution is -0.121. The molecule has 1 atom stereocenters. The van der Waals surface area contributed by atoms with Gasteiger partial charge >= 0.3 is 0 Å². The molecular weight excluding hydrogens is 533 g/mol. The van der Waals surface area contributed by atoms with Gasteiger partial charge in [-0.3, -0.25) is 9.20 Å². The maximum atomic E-state index is 12.9. The first kappa shape index (κ1) is 24.0. The summed E-state index contributed by atoms with van der Waals surface area (Å²) in [4.78, 5) is 18.4. The number of benzene rings is 1. The molecule has 15 heteroatoms. The topological polar surface area (TPSA) is 124 Å². The Bertz CT molecular complexity index is 1410. The van der Waals surface area contributed by atoms with Crippen LogP contribution >= 0.6 is 46.1 Å². The van der Waals surface area contributed by atoms with E-state index in [1.807, 2.05) is 0 Å². The Labute approximate surface area is 207 Å². The number of tetrazole rings is 1. The number of ketones is 1. The monoisotopic (exact) mass is 547 g/mol. The van der Waals surface area contributed by atoms with E-state index in [4.69, 9.17) is 34.8 Å². The SMILES string of the molecule is CCC(NS(=O)(=O)c1c(Cl)nc2sccn12)C(=O)Cn1nnc(Cc2c(Cl)cccc2Cl)n1. The lowest BCUT2D eigenvalue weighted by Crippen LogP contribution is -2.42. The molecule has 1 N–H and O–H groups in total. The van der Waals surface area contributed by atoms with Gasteiger partial charge in [0.15, 0.2) is 26.7 Å². The van der Waals surface area contributed by atoms with E-state index in [0.717, 1.165) is 4.80 Å². The van der Waals surface area contributed by atoms with Gasteiger partial charge in [-0.1, -0.05) is 47.8 Å². The largest absolute Gasteiger partial charge is 0.296 e. The minimum atomic E-state index is -4.13. The van der Waals surface area contributed by atoms with Crippen LogP contribution < -0.4 is 4.72 Å². The molecule has 174 valence electrons. The van der Waals surface area contributed by atoms with Crippen LogP contribution in [0.4, 0.5) is 0 Å². The van der Waals surface area contributed by atoms with E-state index < -0.39 is 21.8 Å². The van der Waals surface area contributed by atoms with Gasteiger partial charge in [0.2, 0.25) is 0 Å². The van der Waals surface area contributed by atoms with Crippen molar-refractivity contribution in [2.24, 2.45) is 0 Å². The zero-order valence-electron chi connectivity index (χ0n) is 16.9. The number of fused-ring (bicyclic) bond motifs is 1. The predicted octanol–water partition coefficient (Wildman–Crippen LogP) is 3.26. The van der Waals surface area contributed by atoms with Crippen molar-refractivity contribution in [3.8, 4) is 0 Å². The fraction of sp³-hybridized carbons (Fsp3) is 0.278. The molecule has 4 rings (SSSR count). The maximum Gasteiger partial charge on any atom is 0.260 e. The Hall–Kier alpha value is -2.09. The molecule has 4 aromatic rings. The highest BCUT2D eigenvalue weighted by atomic mass is 35.5. The van der Waals surface area contributed by atoms with Crippen molar-refractivity contribution in [3.63, 3.8) is 0 Å². The van der Waals surface area contributed by atoms with Crippen LogP contribution in [0, 0.1) is 0 Å². The van der Waals surface area contributed by atoms with E-state index in [9.17, 15) is 13.2 Å². The lowest BCUT2D eigenvalue weighted by Gasteiger charge is -2.15. The van der Waals surface area contributed by atoms with Crippen LogP contribution in [-0.4, -0.2) is 49.8 Å². The van der Waals surface area contributed by atoms with Crippen molar-refractivity contribution < 1.29 is 13.2 Å². The summed E-state index contributed by atoms with van der Waals surface area (Å²) >= 11 is 19.6. The summed E-state index contributed by atoms with van der Waals surface area (Å²) in [7, 11) is -4.13. The molecular formula is C18H16Cl3N7O3S2. The number of halogens is 3. The number of carbonyl (C=O) groups is 1. The lowest BCUT2D eigenvalue weighted by atomic mass is 10.1. The summed E-state index contributed by atoms with van der Waals surface area (Å²) in [6, 6.07) is 4.10. The molecule has 0 radical (unpaired) electrons. The van der Waals surface area contributed by atoms with Crippen molar-refractivity contribution in [2.75, 3.05) is 0 Å². The molecule has 1 aromatic carbocycles. The van der Waals surface area contributed by atoms with Crippen LogP contribution in [0.5, 0.6) is 0 Å². The van der Waals surface area contributed by atoms with Crippen molar-refractivity contribution >= 4 is 66.9 Å². The van der Waals surface area contributed by atoms with Gasteiger partial charge in [0, 0.05) is 28.0 Å². The fourth-order valence-electron chi connectivity index (χ4n) is 3.12. The summed E-state index contributed by atoms with van der Waals surface area (Å²) in [5.41, 5.74) is 0.642. The van der Waals surface area contributed by atoms with Crippen LogP contribution in [0.1, 0.15) is 24.7 Å². The average Bonchev–Trinajstić information content (AvgIpc) is 3.45. The molecule has 0 saturated carbocycles. The Morgan fingerprint density at radius 2 is 1.97 bits per heavy atom. The minimum absolute atomic E-state index is 0.169. The second-order valence-corrected chi connectivity index (χ2v) is 10.6. The molecule has 0 saturated heterocycles. The van der Waals surface area contributed by atoms with Gasteiger partial charge in [-0.05, 0) is 29.3 Å². The Morgan fingerprint density at radius 3 is 2.67 bits per heavy atom. The highest BCUT2D eigenvalue weighted by Gasteiger charge is 2.30. The summed E-state index contributed by atoms with van der Waals surface area (Å²) in [6.45, 7) is 1.40. The van der Waals surface area contributed by atoms with Gasteiger partial charge in [-0.2, -0.15) is 9.52 Å². The van der Waals surface area contributed by atoms with Crippen LogP contribution in [0.2, 0.25) is 15.2 Å². The van der Waals surface area contributed by atoms with Crippen LogP contribution in [-0.2, 0) is 27.8 Å². The first-order valence-electron chi connectivity index (χ1n) is 9.55. The Balaban J connectivity index is 1.47. The van der Waals surface area contributed by atoms with E-state index in [1.165, 1.54) is 15.7 Å². The minimum Gasteiger partial charge on any atom is -0.296 e. The average molecular weight is 549 g/mol. The smallest absolute Gasteiger partial charge is 0.260 e. The third kappa shape index (κ3) is 5.05. The number of thiazole rings is 1. The summed E-state index contributed by atoms with van der Waals surface area (Å²) in [5.74, 6) is -0.125.